The van der Waals surface area contributed by atoms with Gasteiger partial charge in [0.1, 0.15) is 0 Å². The van der Waals surface area contributed by atoms with E-state index in [-0.39, 0.29) is 11.8 Å². The fourth-order valence-electron chi connectivity index (χ4n) is 2.86. The fraction of sp³-hybridized carbons (Fsp3) is 0.333. The minimum absolute atomic E-state index is 0.0692. The Hall–Kier alpha value is -2.20. The smallest absolute Gasteiger partial charge is 0.231 e. The van der Waals surface area contributed by atoms with Crippen LogP contribution >= 0.6 is 11.3 Å². The molecule has 0 radical (unpaired) electrons. The number of rotatable bonds is 5. The van der Waals surface area contributed by atoms with Crippen LogP contribution in [0.5, 0.6) is 0 Å². The van der Waals surface area contributed by atoms with E-state index >= 15 is 0 Å². The number of carbonyl (C=O) groups is 1. The number of amides is 1. The van der Waals surface area contributed by atoms with Crippen LogP contribution in [0.4, 0.5) is 5.13 Å². The predicted octanol–water partition coefficient (Wildman–Crippen LogP) is 5.61. The first kappa shape index (κ1) is 17.6. The Balaban J connectivity index is 2.05. The Morgan fingerprint density at radius 2 is 1.76 bits per heavy atom. The molecule has 0 atom stereocenters. The van der Waals surface area contributed by atoms with E-state index in [0.717, 1.165) is 20.9 Å². The van der Waals surface area contributed by atoms with Gasteiger partial charge >= 0.3 is 0 Å². The van der Waals surface area contributed by atoms with Gasteiger partial charge in [-0.2, -0.15) is 0 Å². The molecule has 0 unspecified atom stereocenters. The van der Waals surface area contributed by atoms with Crippen LogP contribution in [-0.2, 0) is 11.3 Å². The van der Waals surface area contributed by atoms with Crippen LogP contribution in [0.1, 0.15) is 44.7 Å². The van der Waals surface area contributed by atoms with E-state index in [9.17, 15) is 4.79 Å². The summed E-state index contributed by atoms with van der Waals surface area (Å²) in [4.78, 5) is 19.5. The third-order valence-corrected chi connectivity index (χ3v) is 5.28. The molecule has 0 saturated carbocycles. The molecule has 0 N–H and O–H groups in total. The number of para-hydroxylation sites is 1. The summed E-state index contributed by atoms with van der Waals surface area (Å²) < 4.78 is 1.14. The Morgan fingerprint density at radius 3 is 2.40 bits per heavy atom. The highest BCUT2D eigenvalue weighted by Gasteiger charge is 2.23. The Morgan fingerprint density at radius 1 is 1.04 bits per heavy atom. The highest BCUT2D eigenvalue weighted by molar-refractivity contribution is 7.22. The number of nitrogens with zero attached hydrogens (tertiary/aromatic N) is 2. The van der Waals surface area contributed by atoms with Gasteiger partial charge in [-0.3, -0.25) is 9.69 Å². The third kappa shape index (κ3) is 3.74. The van der Waals surface area contributed by atoms with Gasteiger partial charge in [0.05, 0.1) is 16.8 Å². The normalized spacial score (nSPS) is 11.4. The van der Waals surface area contributed by atoms with Crippen molar-refractivity contribution < 1.29 is 4.79 Å². The molecule has 0 fully saturated rings. The molecular weight excluding hydrogens is 328 g/mol. The van der Waals surface area contributed by atoms with Crippen LogP contribution in [0.3, 0.4) is 0 Å². The molecule has 0 aliphatic rings. The molecule has 0 aliphatic heterocycles. The van der Waals surface area contributed by atoms with Crippen molar-refractivity contribution in [2.45, 2.75) is 40.2 Å². The number of carbonyl (C=O) groups excluding carboxylic acids is 1. The molecule has 25 heavy (non-hydrogen) atoms. The van der Waals surface area contributed by atoms with E-state index in [1.54, 1.807) is 11.3 Å². The van der Waals surface area contributed by atoms with Gasteiger partial charge in [-0.05, 0) is 23.1 Å². The van der Waals surface area contributed by atoms with E-state index < -0.39 is 0 Å². The Bertz CT molecular complexity index is 868. The van der Waals surface area contributed by atoms with Crippen LogP contribution in [0.2, 0.25) is 0 Å². The molecule has 1 heterocycles. The first-order valence-electron chi connectivity index (χ1n) is 8.72. The van der Waals surface area contributed by atoms with Gasteiger partial charge in [0.2, 0.25) is 5.91 Å². The zero-order valence-electron chi connectivity index (χ0n) is 15.2. The number of anilines is 1. The predicted molar refractivity (Wildman–Crippen MR) is 106 cm³/mol. The lowest BCUT2D eigenvalue weighted by Crippen LogP contribution is -2.33. The zero-order valence-corrected chi connectivity index (χ0v) is 16.0. The SMILES string of the molecule is CC(C)C(=O)N(Cc1ccccc1)c1nc2c(C(C)C)cccc2s1. The van der Waals surface area contributed by atoms with Crippen LogP contribution in [0, 0.1) is 5.92 Å². The first-order chi connectivity index (χ1) is 12.0. The van der Waals surface area contributed by atoms with Gasteiger partial charge in [0.25, 0.3) is 0 Å². The van der Waals surface area contributed by atoms with E-state index in [4.69, 9.17) is 4.98 Å². The lowest BCUT2D eigenvalue weighted by atomic mass is 10.0. The molecule has 130 valence electrons. The fourth-order valence-corrected chi connectivity index (χ4v) is 3.86. The largest absolute Gasteiger partial charge is 0.283 e. The second-order valence-corrected chi connectivity index (χ2v) is 7.92. The van der Waals surface area contributed by atoms with Crippen molar-refractivity contribution >= 4 is 32.6 Å². The highest BCUT2D eigenvalue weighted by Crippen LogP contribution is 2.34. The lowest BCUT2D eigenvalue weighted by molar-refractivity contribution is -0.121. The minimum Gasteiger partial charge on any atom is -0.283 e. The molecule has 0 saturated heterocycles. The number of aromatic nitrogens is 1. The molecule has 3 rings (SSSR count). The molecule has 0 spiro atoms. The van der Waals surface area contributed by atoms with Gasteiger partial charge < -0.3 is 0 Å². The number of fused-ring (bicyclic) bond motifs is 1. The van der Waals surface area contributed by atoms with Crippen molar-refractivity contribution in [3.63, 3.8) is 0 Å². The zero-order chi connectivity index (χ0) is 18.0. The van der Waals surface area contributed by atoms with Gasteiger partial charge in [-0.15, -0.1) is 0 Å². The van der Waals surface area contributed by atoms with E-state index in [0.29, 0.717) is 12.5 Å². The molecule has 1 aromatic heterocycles. The van der Waals surface area contributed by atoms with E-state index in [1.807, 2.05) is 49.1 Å². The standard InChI is InChI=1S/C21H24N2OS/c1-14(2)17-11-8-12-18-19(17)22-21(25-18)23(20(24)15(3)4)13-16-9-6-5-7-10-16/h5-12,14-15H,13H2,1-4H3. The molecule has 4 heteroatoms. The summed E-state index contributed by atoms with van der Waals surface area (Å²) in [6, 6.07) is 16.4. The summed E-state index contributed by atoms with van der Waals surface area (Å²) in [6.45, 7) is 8.78. The maximum Gasteiger partial charge on any atom is 0.231 e. The second-order valence-electron chi connectivity index (χ2n) is 6.91. The Kier molecular flexibility index (Phi) is 5.19. The van der Waals surface area contributed by atoms with Crippen molar-refractivity contribution in [3.05, 3.63) is 59.7 Å². The number of benzene rings is 2. The monoisotopic (exact) mass is 352 g/mol. The maximum atomic E-state index is 12.8. The van der Waals surface area contributed by atoms with Crippen molar-refractivity contribution in [1.29, 1.82) is 0 Å². The average molecular weight is 353 g/mol. The van der Waals surface area contributed by atoms with Crippen molar-refractivity contribution in [1.82, 2.24) is 4.98 Å². The molecule has 3 nitrogen and oxygen atoms in total. The Labute approximate surface area is 153 Å². The number of thiazole rings is 1. The molecule has 0 aliphatic carbocycles. The van der Waals surface area contributed by atoms with Gasteiger partial charge in [-0.25, -0.2) is 4.98 Å². The summed E-state index contributed by atoms with van der Waals surface area (Å²) in [6.07, 6.45) is 0. The lowest BCUT2D eigenvalue weighted by Gasteiger charge is -2.22. The van der Waals surface area contributed by atoms with Crippen LogP contribution in [0.15, 0.2) is 48.5 Å². The van der Waals surface area contributed by atoms with Crippen LogP contribution < -0.4 is 4.90 Å². The highest BCUT2D eigenvalue weighted by atomic mass is 32.1. The van der Waals surface area contributed by atoms with Crippen molar-refractivity contribution in [2.75, 3.05) is 4.90 Å². The van der Waals surface area contributed by atoms with Gasteiger partial charge in [0.15, 0.2) is 5.13 Å². The topological polar surface area (TPSA) is 33.2 Å². The second kappa shape index (κ2) is 7.36. The van der Waals surface area contributed by atoms with E-state index in [2.05, 4.69) is 32.0 Å². The molecule has 3 aromatic rings. The molecule has 1 amide bonds. The molecular formula is C21H24N2OS. The summed E-state index contributed by atoms with van der Waals surface area (Å²) in [7, 11) is 0. The third-order valence-electron chi connectivity index (χ3n) is 4.24. The average Bonchev–Trinajstić information content (AvgIpc) is 3.03. The van der Waals surface area contributed by atoms with E-state index in [1.165, 1.54) is 5.56 Å². The summed E-state index contributed by atoms with van der Waals surface area (Å²) in [5.41, 5.74) is 3.36. The maximum absolute atomic E-state index is 12.8. The van der Waals surface area contributed by atoms with Crippen LogP contribution in [0.25, 0.3) is 10.2 Å². The summed E-state index contributed by atoms with van der Waals surface area (Å²) >= 11 is 1.60. The number of hydrogen-bond acceptors (Lipinski definition) is 3. The minimum atomic E-state index is -0.0692. The molecule has 0 bridgehead atoms. The summed E-state index contributed by atoms with van der Waals surface area (Å²) in [5, 5.41) is 0.783. The van der Waals surface area contributed by atoms with Crippen molar-refractivity contribution in [2.24, 2.45) is 5.92 Å². The van der Waals surface area contributed by atoms with Gasteiger partial charge in [-0.1, -0.05) is 81.5 Å². The van der Waals surface area contributed by atoms with Gasteiger partial charge in [0, 0.05) is 5.92 Å². The number of hydrogen-bond donors (Lipinski definition) is 0. The molecule has 2 aromatic carbocycles. The quantitative estimate of drug-likeness (QED) is 0.598. The first-order valence-corrected chi connectivity index (χ1v) is 9.53. The van der Waals surface area contributed by atoms with Crippen LogP contribution in [-0.4, -0.2) is 10.9 Å². The van der Waals surface area contributed by atoms with Crippen molar-refractivity contribution in [3.8, 4) is 0 Å². The summed E-state index contributed by atoms with van der Waals surface area (Å²) in [5.74, 6) is 0.441.